The number of aliphatic hydroxyl groups is 1. The van der Waals surface area contributed by atoms with Crippen molar-refractivity contribution in [2.24, 2.45) is 0 Å². The van der Waals surface area contributed by atoms with Gasteiger partial charge >= 0.3 is 0 Å². The summed E-state index contributed by atoms with van der Waals surface area (Å²) in [5.74, 6) is 0. The lowest BCUT2D eigenvalue weighted by molar-refractivity contribution is 0.00323. The van der Waals surface area contributed by atoms with Gasteiger partial charge in [0.1, 0.15) is 12.2 Å². The molecular formula is C23H25FN8OS. The van der Waals surface area contributed by atoms with Gasteiger partial charge in [-0.1, -0.05) is 11.3 Å². The van der Waals surface area contributed by atoms with Crippen LogP contribution in [0.1, 0.15) is 33.3 Å². The van der Waals surface area contributed by atoms with Gasteiger partial charge in [-0.2, -0.15) is 10.4 Å². The Morgan fingerprint density at radius 3 is 2.74 bits per heavy atom. The zero-order valence-corrected chi connectivity index (χ0v) is 20.1. The lowest BCUT2D eigenvalue weighted by atomic mass is 10.0. The predicted molar refractivity (Wildman–Crippen MR) is 130 cm³/mol. The molecule has 9 nitrogen and oxygen atoms in total. The summed E-state index contributed by atoms with van der Waals surface area (Å²) in [6.45, 7) is 6.84. The van der Waals surface area contributed by atoms with Crippen LogP contribution in [0.5, 0.6) is 0 Å². The Kier molecular flexibility index (Phi) is 6.45. The van der Waals surface area contributed by atoms with Crippen LogP contribution < -0.4 is 10.6 Å². The van der Waals surface area contributed by atoms with Crippen LogP contribution in [0.3, 0.4) is 0 Å². The molecule has 0 saturated heterocycles. The van der Waals surface area contributed by atoms with Crippen LogP contribution in [0.25, 0.3) is 27.5 Å². The van der Waals surface area contributed by atoms with Crippen LogP contribution in [-0.4, -0.2) is 54.3 Å². The van der Waals surface area contributed by atoms with E-state index >= 15 is 0 Å². The summed E-state index contributed by atoms with van der Waals surface area (Å²) < 4.78 is 15.8. The van der Waals surface area contributed by atoms with E-state index in [0.29, 0.717) is 21.4 Å². The van der Waals surface area contributed by atoms with Gasteiger partial charge in [0, 0.05) is 17.9 Å². The minimum atomic E-state index is -1.45. The van der Waals surface area contributed by atoms with Crippen molar-refractivity contribution in [2.75, 3.05) is 17.2 Å². The third-order valence-electron chi connectivity index (χ3n) is 5.09. The maximum absolute atomic E-state index is 14.1. The van der Waals surface area contributed by atoms with Crippen LogP contribution in [0.15, 0.2) is 36.7 Å². The molecule has 0 aliphatic heterocycles. The molecule has 0 spiro atoms. The maximum atomic E-state index is 14.1. The highest BCUT2D eigenvalue weighted by Crippen LogP contribution is 2.35. The third-order valence-corrected chi connectivity index (χ3v) is 6.01. The number of halogens is 1. The second-order valence-corrected chi connectivity index (χ2v) is 9.72. The fraction of sp³-hybridized carbons (Fsp3) is 0.348. The summed E-state index contributed by atoms with van der Waals surface area (Å²) >= 11 is 1.28. The number of rotatable bonds is 8. The molecule has 4 heterocycles. The van der Waals surface area contributed by atoms with Crippen molar-refractivity contribution < 1.29 is 9.50 Å². The van der Waals surface area contributed by atoms with E-state index in [2.05, 4.69) is 37.0 Å². The Hall–Kier alpha value is -3.62. The lowest BCUT2D eigenvalue weighted by Crippen LogP contribution is -2.37. The van der Waals surface area contributed by atoms with Crippen molar-refractivity contribution in [1.82, 2.24) is 24.8 Å². The summed E-state index contributed by atoms with van der Waals surface area (Å²) in [6.07, 6.45) is 1.80. The quantitative estimate of drug-likeness (QED) is 0.344. The van der Waals surface area contributed by atoms with Crippen molar-refractivity contribution in [3.63, 3.8) is 0 Å². The van der Waals surface area contributed by atoms with Gasteiger partial charge in [-0.25, -0.2) is 8.91 Å². The van der Waals surface area contributed by atoms with E-state index < -0.39 is 11.8 Å². The first-order chi connectivity index (χ1) is 16.2. The molecule has 176 valence electrons. The van der Waals surface area contributed by atoms with Crippen molar-refractivity contribution in [3.05, 3.63) is 42.2 Å². The number of hydrogen-bond donors (Lipinski definition) is 3. The molecular weight excluding hydrogens is 455 g/mol. The fourth-order valence-electron chi connectivity index (χ4n) is 3.28. The van der Waals surface area contributed by atoms with Gasteiger partial charge in [0.2, 0.25) is 5.13 Å². The largest absolute Gasteiger partial charge is 0.387 e. The van der Waals surface area contributed by atoms with Crippen LogP contribution in [-0.2, 0) is 0 Å². The summed E-state index contributed by atoms with van der Waals surface area (Å²) in [5, 5.41) is 39.0. The van der Waals surface area contributed by atoms with Gasteiger partial charge in [0.05, 0.1) is 46.4 Å². The normalized spacial score (nSPS) is 12.6. The first-order valence-corrected chi connectivity index (χ1v) is 11.6. The van der Waals surface area contributed by atoms with Crippen LogP contribution in [0.2, 0.25) is 0 Å². The van der Waals surface area contributed by atoms with Gasteiger partial charge in [0.15, 0.2) is 5.01 Å². The van der Waals surface area contributed by atoms with Crippen LogP contribution in [0, 0.1) is 11.3 Å². The third kappa shape index (κ3) is 4.98. The van der Waals surface area contributed by atoms with Crippen molar-refractivity contribution in [1.29, 1.82) is 5.26 Å². The Labute approximate surface area is 200 Å². The standard InChI is InChI=1S/C23H25FN8OS/c1-13(2)29-17-8-18(19-6-5-15-7-14(9-25)10-28-32(15)19)26-11-16(17)21-30-31-22(34-21)27-12-20(24)23(3,4)33/h5-8,10-11,13,20,33H,12H2,1-4H3,(H,26,29)(H,27,31)/t20-/m1/s1. The van der Waals surface area contributed by atoms with Gasteiger partial charge in [0.25, 0.3) is 0 Å². The van der Waals surface area contributed by atoms with Gasteiger partial charge in [-0.3, -0.25) is 4.98 Å². The zero-order valence-electron chi connectivity index (χ0n) is 19.2. The second-order valence-electron chi connectivity index (χ2n) is 8.74. The number of aromatic nitrogens is 5. The number of alkyl halides is 1. The first-order valence-electron chi connectivity index (χ1n) is 10.7. The van der Waals surface area contributed by atoms with E-state index in [-0.39, 0.29) is 12.6 Å². The van der Waals surface area contributed by atoms with E-state index in [1.54, 1.807) is 16.8 Å². The molecule has 0 radical (unpaired) electrons. The number of nitrogens with zero attached hydrogens (tertiary/aromatic N) is 6. The fourth-order valence-corrected chi connectivity index (χ4v) is 4.06. The first kappa shape index (κ1) is 23.5. The maximum Gasteiger partial charge on any atom is 0.206 e. The molecule has 4 rings (SSSR count). The SMILES string of the molecule is CC(C)Nc1cc(-c2ccc3cc(C#N)cnn23)ncc1-c1nnc(NC[C@@H](F)C(C)(C)O)s1. The molecule has 0 fully saturated rings. The molecule has 4 aromatic heterocycles. The van der Waals surface area contributed by atoms with Crippen molar-refractivity contribution in [2.45, 2.75) is 45.5 Å². The molecule has 3 N–H and O–H groups in total. The molecule has 0 aliphatic rings. The number of nitriles is 1. The highest BCUT2D eigenvalue weighted by molar-refractivity contribution is 7.18. The molecule has 0 aromatic carbocycles. The molecule has 34 heavy (non-hydrogen) atoms. The van der Waals surface area contributed by atoms with Gasteiger partial charge in [-0.05, 0) is 52.0 Å². The topological polar surface area (TPSA) is 124 Å². The lowest BCUT2D eigenvalue weighted by Gasteiger charge is -2.22. The molecule has 0 saturated carbocycles. The van der Waals surface area contributed by atoms with Crippen molar-refractivity contribution in [3.8, 4) is 28.0 Å². The van der Waals surface area contributed by atoms with E-state index in [4.69, 9.17) is 5.26 Å². The molecule has 4 aromatic rings. The van der Waals surface area contributed by atoms with Crippen molar-refractivity contribution >= 4 is 27.7 Å². The minimum Gasteiger partial charge on any atom is -0.387 e. The summed E-state index contributed by atoms with van der Waals surface area (Å²) in [7, 11) is 0. The Bertz CT molecular complexity index is 1350. The zero-order chi connectivity index (χ0) is 24.5. The number of hydrogen-bond acceptors (Lipinski definition) is 9. The molecule has 0 bridgehead atoms. The van der Waals surface area contributed by atoms with E-state index in [0.717, 1.165) is 22.5 Å². The molecule has 1 atom stereocenters. The molecule has 0 aliphatic carbocycles. The molecule has 11 heteroatoms. The minimum absolute atomic E-state index is 0.0752. The highest BCUT2D eigenvalue weighted by Gasteiger charge is 2.26. The number of pyridine rings is 1. The molecule has 0 unspecified atom stereocenters. The monoisotopic (exact) mass is 480 g/mol. The highest BCUT2D eigenvalue weighted by atomic mass is 32.1. The van der Waals surface area contributed by atoms with Crippen LogP contribution >= 0.6 is 11.3 Å². The molecule has 0 amide bonds. The second kappa shape index (κ2) is 9.32. The number of nitrogens with one attached hydrogen (secondary N) is 2. The number of anilines is 2. The summed E-state index contributed by atoms with van der Waals surface area (Å²) in [6, 6.07) is 9.75. The van der Waals surface area contributed by atoms with E-state index in [9.17, 15) is 9.50 Å². The van der Waals surface area contributed by atoms with E-state index in [1.165, 1.54) is 31.4 Å². The summed E-state index contributed by atoms with van der Waals surface area (Å²) in [4.78, 5) is 4.63. The van der Waals surface area contributed by atoms with Gasteiger partial charge in [-0.15, -0.1) is 10.2 Å². The average Bonchev–Trinajstić information content (AvgIpc) is 3.43. The Morgan fingerprint density at radius 1 is 1.24 bits per heavy atom. The van der Waals surface area contributed by atoms with Crippen LogP contribution in [0.4, 0.5) is 15.2 Å². The summed E-state index contributed by atoms with van der Waals surface area (Å²) in [5.41, 5.74) is 2.94. The number of fused-ring (bicyclic) bond motifs is 1. The Balaban J connectivity index is 1.65. The van der Waals surface area contributed by atoms with Gasteiger partial charge < -0.3 is 15.7 Å². The average molecular weight is 481 g/mol. The Morgan fingerprint density at radius 2 is 2.03 bits per heavy atom. The van der Waals surface area contributed by atoms with E-state index in [1.807, 2.05) is 32.0 Å². The predicted octanol–water partition coefficient (Wildman–Crippen LogP) is 4.13. The smallest absolute Gasteiger partial charge is 0.206 e.